The van der Waals surface area contributed by atoms with Gasteiger partial charge in [0.1, 0.15) is 5.78 Å². The van der Waals surface area contributed by atoms with Gasteiger partial charge in [-0.05, 0) is 37.2 Å². The minimum atomic E-state index is -0.504. The predicted octanol–water partition coefficient (Wildman–Crippen LogP) is 4.63. The number of aliphatic hydroxyl groups is 1. The van der Waals surface area contributed by atoms with Crippen LogP contribution < -0.4 is 0 Å². The van der Waals surface area contributed by atoms with Crippen molar-refractivity contribution in [2.75, 3.05) is 0 Å². The summed E-state index contributed by atoms with van der Waals surface area (Å²) >= 11 is 0. The Morgan fingerprint density at radius 2 is 1.74 bits per heavy atom. The molecule has 2 aliphatic rings. The van der Waals surface area contributed by atoms with E-state index in [-0.39, 0.29) is 17.8 Å². The Labute approximate surface area is 139 Å². The smallest absolute Gasteiger partial charge is 0.139 e. The number of benzene rings is 1. The maximum Gasteiger partial charge on any atom is 0.139 e. The Morgan fingerprint density at radius 3 is 2.48 bits per heavy atom. The van der Waals surface area contributed by atoms with E-state index in [0.29, 0.717) is 5.78 Å². The summed E-state index contributed by atoms with van der Waals surface area (Å²) in [6.45, 7) is 0. The van der Waals surface area contributed by atoms with Crippen LogP contribution in [-0.4, -0.2) is 17.0 Å². The summed E-state index contributed by atoms with van der Waals surface area (Å²) < 4.78 is 0. The lowest BCUT2D eigenvalue weighted by atomic mass is 9.77. The molecule has 3 atom stereocenters. The van der Waals surface area contributed by atoms with Crippen LogP contribution >= 0.6 is 0 Å². The summed E-state index contributed by atoms with van der Waals surface area (Å²) in [6, 6.07) is 10.0. The molecule has 23 heavy (non-hydrogen) atoms. The van der Waals surface area contributed by atoms with Gasteiger partial charge in [-0.15, -0.1) is 0 Å². The van der Waals surface area contributed by atoms with Crippen LogP contribution in [0, 0.1) is 17.8 Å². The highest BCUT2D eigenvalue weighted by molar-refractivity contribution is 5.84. The molecule has 0 amide bonds. The maximum absolute atomic E-state index is 12.9. The molecule has 2 fully saturated rings. The molecule has 3 rings (SSSR count). The minimum absolute atomic E-state index is 0.0773. The monoisotopic (exact) mass is 312 g/mol. The topological polar surface area (TPSA) is 37.3 Å². The summed E-state index contributed by atoms with van der Waals surface area (Å²) in [5.74, 6) is 0.900. The Morgan fingerprint density at radius 1 is 1.00 bits per heavy atom. The van der Waals surface area contributed by atoms with Crippen molar-refractivity contribution in [3.63, 3.8) is 0 Å². The zero-order valence-corrected chi connectivity index (χ0v) is 13.9. The Balaban J connectivity index is 1.63. The molecule has 0 spiro atoms. The van der Waals surface area contributed by atoms with Crippen molar-refractivity contribution >= 4 is 11.9 Å². The van der Waals surface area contributed by atoms with Gasteiger partial charge in [-0.1, -0.05) is 68.2 Å². The second kappa shape index (κ2) is 7.92. The van der Waals surface area contributed by atoms with Crippen molar-refractivity contribution in [3.05, 3.63) is 42.0 Å². The van der Waals surface area contributed by atoms with Gasteiger partial charge in [0.05, 0.1) is 6.10 Å². The first-order valence-corrected chi connectivity index (χ1v) is 9.21. The van der Waals surface area contributed by atoms with E-state index >= 15 is 0 Å². The van der Waals surface area contributed by atoms with Gasteiger partial charge in [-0.25, -0.2) is 0 Å². The lowest BCUT2D eigenvalue weighted by molar-refractivity contribution is -0.129. The summed E-state index contributed by atoms with van der Waals surface area (Å²) in [5.41, 5.74) is 1.10. The highest BCUT2D eigenvalue weighted by Crippen LogP contribution is 2.39. The van der Waals surface area contributed by atoms with Crippen LogP contribution in [0.25, 0.3) is 6.08 Å². The Hall–Kier alpha value is -1.41. The molecule has 0 bridgehead atoms. The van der Waals surface area contributed by atoms with E-state index in [0.717, 1.165) is 37.7 Å². The third-order valence-corrected chi connectivity index (χ3v) is 5.67. The van der Waals surface area contributed by atoms with Gasteiger partial charge in [-0.3, -0.25) is 4.79 Å². The van der Waals surface area contributed by atoms with E-state index in [1.165, 1.54) is 19.3 Å². The molecule has 1 aromatic rings. The van der Waals surface area contributed by atoms with Crippen molar-refractivity contribution in [1.29, 1.82) is 0 Å². The first-order chi connectivity index (χ1) is 11.3. The van der Waals surface area contributed by atoms with Gasteiger partial charge in [-0.2, -0.15) is 0 Å². The van der Waals surface area contributed by atoms with E-state index in [1.807, 2.05) is 42.5 Å². The van der Waals surface area contributed by atoms with Gasteiger partial charge in [0.25, 0.3) is 0 Å². The van der Waals surface area contributed by atoms with Gasteiger partial charge in [0.15, 0.2) is 0 Å². The van der Waals surface area contributed by atoms with Crippen LogP contribution in [0.2, 0.25) is 0 Å². The van der Waals surface area contributed by atoms with Crippen LogP contribution in [0.1, 0.15) is 56.9 Å². The molecule has 0 aliphatic heterocycles. The molecule has 2 aliphatic carbocycles. The number of hydrogen-bond acceptors (Lipinski definition) is 2. The highest BCUT2D eigenvalue weighted by atomic mass is 16.3. The molecular formula is C21H28O2. The fraction of sp³-hybridized carbons (Fsp3) is 0.571. The molecule has 124 valence electrons. The first-order valence-electron chi connectivity index (χ1n) is 9.21. The molecule has 2 heteroatoms. The van der Waals surface area contributed by atoms with E-state index in [4.69, 9.17) is 0 Å². The highest BCUT2D eigenvalue weighted by Gasteiger charge is 2.39. The number of hydrogen-bond donors (Lipinski definition) is 1. The largest absolute Gasteiger partial charge is 0.389 e. The molecule has 2 saturated carbocycles. The summed E-state index contributed by atoms with van der Waals surface area (Å²) in [7, 11) is 0. The van der Waals surface area contributed by atoms with E-state index in [1.54, 1.807) is 0 Å². The van der Waals surface area contributed by atoms with Gasteiger partial charge < -0.3 is 5.11 Å². The zero-order valence-electron chi connectivity index (χ0n) is 13.9. The van der Waals surface area contributed by atoms with Crippen molar-refractivity contribution in [2.45, 2.75) is 57.5 Å². The molecule has 0 heterocycles. The third kappa shape index (κ3) is 4.11. The number of Topliss-reactive ketones (excluding diaryl/α,β-unsaturated/α-hetero) is 1. The van der Waals surface area contributed by atoms with Crippen molar-refractivity contribution in [3.8, 4) is 0 Å². The number of carbonyl (C=O) groups excluding carboxylic acids is 1. The maximum atomic E-state index is 12.9. The van der Waals surface area contributed by atoms with Gasteiger partial charge >= 0.3 is 0 Å². The standard InChI is InChI=1S/C21H28O2/c22-20(15-14-16-8-3-1-4-9-16)18-12-7-13-19(18)21(23)17-10-5-2-6-11-17/h1,3-4,8-9,14-15,17-20,22H,2,5-7,10-13H2/b15-14+/t18-,19-,20+/m0/s1. The van der Waals surface area contributed by atoms with E-state index in [9.17, 15) is 9.90 Å². The third-order valence-electron chi connectivity index (χ3n) is 5.67. The summed E-state index contributed by atoms with van der Waals surface area (Å²) in [4.78, 5) is 12.9. The summed E-state index contributed by atoms with van der Waals surface area (Å²) in [5, 5.41) is 10.6. The second-order valence-electron chi connectivity index (χ2n) is 7.20. The van der Waals surface area contributed by atoms with Crippen LogP contribution in [-0.2, 0) is 4.79 Å². The quantitative estimate of drug-likeness (QED) is 0.861. The molecule has 0 radical (unpaired) electrons. The first kappa shape index (κ1) is 16.4. The van der Waals surface area contributed by atoms with E-state index in [2.05, 4.69) is 0 Å². The average molecular weight is 312 g/mol. The van der Waals surface area contributed by atoms with Crippen molar-refractivity contribution in [2.24, 2.45) is 17.8 Å². The van der Waals surface area contributed by atoms with E-state index < -0.39 is 6.10 Å². The number of aliphatic hydroxyl groups excluding tert-OH is 1. The Kier molecular flexibility index (Phi) is 5.66. The Bertz CT molecular complexity index is 528. The minimum Gasteiger partial charge on any atom is -0.389 e. The van der Waals surface area contributed by atoms with Gasteiger partial charge in [0.2, 0.25) is 0 Å². The fourth-order valence-corrected chi connectivity index (χ4v) is 4.36. The lowest BCUT2D eigenvalue weighted by Crippen LogP contribution is -2.32. The number of ketones is 1. The molecule has 0 aromatic heterocycles. The van der Waals surface area contributed by atoms with Crippen LogP contribution in [0.3, 0.4) is 0 Å². The molecule has 0 saturated heterocycles. The lowest BCUT2D eigenvalue weighted by Gasteiger charge is -2.28. The van der Waals surface area contributed by atoms with Crippen LogP contribution in [0.15, 0.2) is 36.4 Å². The number of rotatable bonds is 5. The number of carbonyl (C=O) groups is 1. The molecule has 1 N–H and O–H groups in total. The predicted molar refractivity (Wildman–Crippen MR) is 93.9 cm³/mol. The average Bonchev–Trinajstić information content (AvgIpc) is 3.10. The fourth-order valence-electron chi connectivity index (χ4n) is 4.36. The molecule has 1 aromatic carbocycles. The normalized spacial score (nSPS) is 27.3. The molecule has 0 unspecified atom stereocenters. The van der Waals surface area contributed by atoms with Gasteiger partial charge in [0, 0.05) is 11.8 Å². The summed E-state index contributed by atoms with van der Waals surface area (Å²) in [6.07, 6.45) is 12.2. The second-order valence-corrected chi connectivity index (χ2v) is 7.20. The van der Waals surface area contributed by atoms with Crippen molar-refractivity contribution < 1.29 is 9.90 Å². The van der Waals surface area contributed by atoms with Crippen LogP contribution in [0.5, 0.6) is 0 Å². The zero-order chi connectivity index (χ0) is 16.1. The molecular weight excluding hydrogens is 284 g/mol. The van der Waals surface area contributed by atoms with Crippen molar-refractivity contribution in [1.82, 2.24) is 0 Å². The van der Waals surface area contributed by atoms with Crippen LogP contribution in [0.4, 0.5) is 0 Å². The molecule has 2 nitrogen and oxygen atoms in total. The SMILES string of the molecule is O=C(C1CCCCC1)[C@H]1CCC[C@@H]1[C@H](O)/C=C/c1ccccc1.